The highest BCUT2D eigenvalue weighted by Crippen LogP contribution is 2.30. The first-order chi connectivity index (χ1) is 10.2. The van der Waals surface area contributed by atoms with E-state index in [2.05, 4.69) is 21.9 Å². The summed E-state index contributed by atoms with van der Waals surface area (Å²) < 4.78 is 10.9. The monoisotopic (exact) mass is 439 g/mol. The average Bonchev–Trinajstić information content (AvgIpc) is 2.48. The van der Waals surface area contributed by atoms with E-state index < -0.39 is 0 Å². The number of hydrogen-bond donors (Lipinski definition) is 2. The standard InChI is InChI=1S/C15H25N3O2S.HI/c1-5-16-15(17-9-10-21-4)18-12-7-8-13(19-3)14(11-12)20-6-2;/h7-8,11H,5-6,9-10H2,1-4H3,(H2,16,17,18);1H. The molecule has 0 fully saturated rings. The van der Waals surface area contributed by atoms with E-state index in [-0.39, 0.29) is 24.0 Å². The first-order valence-electron chi connectivity index (χ1n) is 7.10. The molecule has 7 heteroatoms. The van der Waals surface area contributed by atoms with E-state index in [1.165, 1.54) is 0 Å². The summed E-state index contributed by atoms with van der Waals surface area (Å²) in [6, 6.07) is 5.76. The molecular formula is C15H26IN3O2S. The number of aliphatic imine (C=N–C) groups is 1. The zero-order chi connectivity index (χ0) is 15.5. The van der Waals surface area contributed by atoms with Crippen LogP contribution in [0.2, 0.25) is 0 Å². The molecule has 0 aliphatic carbocycles. The fraction of sp³-hybridized carbons (Fsp3) is 0.533. The van der Waals surface area contributed by atoms with Crippen molar-refractivity contribution in [1.82, 2.24) is 5.32 Å². The minimum atomic E-state index is 0. The van der Waals surface area contributed by atoms with Gasteiger partial charge in [-0.3, -0.25) is 4.99 Å². The van der Waals surface area contributed by atoms with E-state index in [1.807, 2.05) is 32.0 Å². The molecule has 22 heavy (non-hydrogen) atoms. The summed E-state index contributed by atoms with van der Waals surface area (Å²) in [4.78, 5) is 4.52. The molecule has 1 aromatic rings. The normalized spacial score (nSPS) is 10.6. The second kappa shape index (κ2) is 12.7. The van der Waals surface area contributed by atoms with E-state index in [4.69, 9.17) is 9.47 Å². The molecule has 0 amide bonds. The summed E-state index contributed by atoms with van der Waals surface area (Å²) in [6.07, 6.45) is 2.08. The predicted octanol–water partition coefficient (Wildman–Crippen LogP) is 3.45. The van der Waals surface area contributed by atoms with Gasteiger partial charge < -0.3 is 20.1 Å². The lowest BCUT2D eigenvalue weighted by atomic mass is 10.2. The molecule has 0 bridgehead atoms. The topological polar surface area (TPSA) is 54.9 Å². The van der Waals surface area contributed by atoms with Crippen molar-refractivity contribution in [3.63, 3.8) is 0 Å². The van der Waals surface area contributed by atoms with Gasteiger partial charge >= 0.3 is 0 Å². The highest BCUT2D eigenvalue weighted by Gasteiger charge is 2.06. The van der Waals surface area contributed by atoms with Crippen LogP contribution in [0.4, 0.5) is 5.69 Å². The molecule has 0 unspecified atom stereocenters. The minimum absolute atomic E-state index is 0. The Balaban J connectivity index is 0.00000441. The van der Waals surface area contributed by atoms with Crippen LogP contribution < -0.4 is 20.1 Å². The zero-order valence-corrected chi connectivity index (χ0v) is 16.8. The van der Waals surface area contributed by atoms with E-state index in [0.29, 0.717) is 6.61 Å². The molecule has 5 nitrogen and oxygen atoms in total. The van der Waals surface area contributed by atoms with E-state index in [0.717, 1.165) is 42.0 Å². The largest absolute Gasteiger partial charge is 0.493 e. The molecule has 0 saturated heterocycles. The molecule has 1 aromatic carbocycles. The number of nitrogens with zero attached hydrogens (tertiary/aromatic N) is 1. The van der Waals surface area contributed by atoms with Gasteiger partial charge in [0.05, 0.1) is 20.3 Å². The highest BCUT2D eigenvalue weighted by atomic mass is 127. The zero-order valence-electron chi connectivity index (χ0n) is 13.6. The van der Waals surface area contributed by atoms with Crippen LogP contribution in [0, 0.1) is 0 Å². The third kappa shape index (κ3) is 7.44. The Hall–Kier alpha value is -0.830. The SMILES string of the molecule is CCNC(=NCCSC)Nc1ccc(OC)c(OCC)c1.I. The van der Waals surface area contributed by atoms with E-state index in [9.17, 15) is 0 Å². The Bertz CT molecular complexity index is 458. The number of anilines is 1. The van der Waals surface area contributed by atoms with Crippen LogP contribution in [0.15, 0.2) is 23.2 Å². The number of halogens is 1. The summed E-state index contributed by atoms with van der Waals surface area (Å²) in [5.74, 6) is 3.24. The predicted molar refractivity (Wildman–Crippen MR) is 108 cm³/mol. The minimum Gasteiger partial charge on any atom is -0.493 e. The van der Waals surface area contributed by atoms with Gasteiger partial charge in [-0.1, -0.05) is 0 Å². The number of rotatable bonds is 8. The molecule has 1 rings (SSSR count). The van der Waals surface area contributed by atoms with Crippen molar-refractivity contribution in [3.05, 3.63) is 18.2 Å². The van der Waals surface area contributed by atoms with Gasteiger partial charge in [-0.2, -0.15) is 11.8 Å². The summed E-state index contributed by atoms with van der Waals surface area (Å²) in [5.41, 5.74) is 0.920. The van der Waals surface area contributed by atoms with Crippen molar-refractivity contribution in [2.75, 3.05) is 44.1 Å². The van der Waals surface area contributed by atoms with Crippen LogP contribution in [0.3, 0.4) is 0 Å². The molecule has 0 aromatic heterocycles. The number of benzene rings is 1. The van der Waals surface area contributed by atoms with Crippen molar-refractivity contribution >= 4 is 47.4 Å². The average molecular weight is 439 g/mol. The fourth-order valence-electron chi connectivity index (χ4n) is 1.72. The lowest BCUT2D eigenvalue weighted by molar-refractivity contribution is 0.311. The van der Waals surface area contributed by atoms with Crippen molar-refractivity contribution in [2.45, 2.75) is 13.8 Å². The van der Waals surface area contributed by atoms with Crippen molar-refractivity contribution < 1.29 is 9.47 Å². The number of nitrogens with one attached hydrogen (secondary N) is 2. The van der Waals surface area contributed by atoms with Crippen LogP contribution in [0.1, 0.15) is 13.8 Å². The second-order valence-corrected chi connectivity index (χ2v) is 5.16. The van der Waals surface area contributed by atoms with E-state index in [1.54, 1.807) is 18.9 Å². The fourth-order valence-corrected chi connectivity index (χ4v) is 1.99. The van der Waals surface area contributed by atoms with Crippen LogP contribution in [0.25, 0.3) is 0 Å². The molecule has 0 radical (unpaired) electrons. The van der Waals surface area contributed by atoms with Gasteiger partial charge in [-0.25, -0.2) is 0 Å². The first kappa shape index (κ1) is 21.2. The maximum atomic E-state index is 5.58. The maximum Gasteiger partial charge on any atom is 0.195 e. The van der Waals surface area contributed by atoms with Gasteiger partial charge in [-0.05, 0) is 32.2 Å². The Morgan fingerprint density at radius 2 is 2.05 bits per heavy atom. The molecular weight excluding hydrogens is 413 g/mol. The summed E-state index contributed by atoms with van der Waals surface area (Å²) in [7, 11) is 1.64. The smallest absolute Gasteiger partial charge is 0.195 e. The lowest BCUT2D eigenvalue weighted by Crippen LogP contribution is -2.30. The Labute approximate surface area is 154 Å². The van der Waals surface area contributed by atoms with Crippen LogP contribution in [-0.2, 0) is 0 Å². The number of hydrogen-bond acceptors (Lipinski definition) is 4. The van der Waals surface area contributed by atoms with Gasteiger partial charge in [0.2, 0.25) is 0 Å². The van der Waals surface area contributed by atoms with Gasteiger partial charge in [0, 0.05) is 24.1 Å². The van der Waals surface area contributed by atoms with Crippen LogP contribution in [-0.4, -0.2) is 44.8 Å². The molecule has 126 valence electrons. The van der Waals surface area contributed by atoms with Gasteiger partial charge in [0.15, 0.2) is 17.5 Å². The second-order valence-electron chi connectivity index (χ2n) is 4.18. The third-order valence-electron chi connectivity index (χ3n) is 2.64. The molecule has 2 N–H and O–H groups in total. The Morgan fingerprint density at radius 1 is 1.27 bits per heavy atom. The molecule has 0 saturated carbocycles. The number of methoxy groups -OCH3 is 1. The number of ether oxygens (including phenoxy) is 2. The van der Waals surface area contributed by atoms with E-state index >= 15 is 0 Å². The first-order valence-corrected chi connectivity index (χ1v) is 8.49. The molecule has 0 spiro atoms. The quantitative estimate of drug-likeness (QED) is 0.281. The molecule has 0 aliphatic rings. The molecule has 0 heterocycles. The number of thioether (sulfide) groups is 1. The number of guanidine groups is 1. The van der Waals surface area contributed by atoms with Crippen molar-refractivity contribution in [3.8, 4) is 11.5 Å². The van der Waals surface area contributed by atoms with Crippen LogP contribution >= 0.6 is 35.7 Å². The summed E-state index contributed by atoms with van der Waals surface area (Å²) >= 11 is 1.78. The van der Waals surface area contributed by atoms with Crippen LogP contribution in [0.5, 0.6) is 11.5 Å². The highest BCUT2D eigenvalue weighted by molar-refractivity contribution is 14.0. The Morgan fingerprint density at radius 3 is 2.64 bits per heavy atom. The van der Waals surface area contributed by atoms with Crippen molar-refractivity contribution in [2.24, 2.45) is 4.99 Å². The summed E-state index contributed by atoms with van der Waals surface area (Å²) in [6.45, 7) is 6.20. The third-order valence-corrected chi connectivity index (χ3v) is 3.23. The maximum absolute atomic E-state index is 5.58. The molecule has 0 aliphatic heterocycles. The summed E-state index contributed by atoms with van der Waals surface area (Å²) in [5, 5.41) is 6.51. The Kier molecular flexibility index (Phi) is 12.2. The van der Waals surface area contributed by atoms with Crippen molar-refractivity contribution in [1.29, 1.82) is 0 Å². The van der Waals surface area contributed by atoms with Gasteiger partial charge in [0.25, 0.3) is 0 Å². The molecule has 0 atom stereocenters. The van der Waals surface area contributed by atoms with Gasteiger partial charge in [0.1, 0.15) is 0 Å². The van der Waals surface area contributed by atoms with Gasteiger partial charge in [-0.15, -0.1) is 24.0 Å². The lowest BCUT2D eigenvalue weighted by Gasteiger charge is -2.14.